The highest BCUT2D eigenvalue weighted by Gasteiger charge is 2.11. The molecule has 4 rings (SSSR count). The maximum atomic E-state index is 12.5. The fourth-order valence-electron chi connectivity index (χ4n) is 3.93. The number of nitrogens with zero attached hydrogens (tertiary/aromatic N) is 2. The van der Waals surface area contributed by atoms with Gasteiger partial charge in [-0.3, -0.25) is 9.59 Å². The Morgan fingerprint density at radius 1 is 0.939 bits per heavy atom. The lowest BCUT2D eigenvalue weighted by molar-refractivity contribution is -0.120. The zero-order valence-corrected chi connectivity index (χ0v) is 19.3. The minimum atomic E-state index is -0.255. The van der Waals surface area contributed by atoms with Gasteiger partial charge < -0.3 is 9.88 Å². The standard InChI is InChI=1S/C26H25ClN4O2/c1-3-31-23-7-5-4-6-21(23)22-16-20(12-13-24(22)31)28-25(32)14-17(2)29-30-26(33)15-18-8-10-19(27)11-9-18/h4-13,16H,3,14-15H2,1-2H3,(H,28,32)(H,30,33)/b29-17-. The largest absolute Gasteiger partial charge is 0.341 e. The number of fused-ring (bicyclic) bond motifs is 3. The summed E-state index contributed by atoms with van der Waals surface area (Å²) in [7, 11) is 0. The van der Waals surface area contributed by atoms with Crippen molar-refractivity contribution in [1.82, 2.24) is 9.99 Å². The van der Waals surface area contributed by atoms with Gasteiger partial charge in [-0.15, -0.1) is 0 Å². The van der Waals surface area contributed by atoms with Crippen LogP contribution in [0.5, 0.6) is 0 Å². The Balaban J connectivity index is 1.39. The van der Waals surface area contributed by atoms with E-state index in [1.54, 1.807) is 31.2 Å². The maximum absolute atomic E-state index is 12.5. The molecule has 0 unspecified atom stereocenters. The molecule has 0 bridgehead atoms. The van der Waals surface area contributed by atoms with Crippen LogP contribution in [0, 0.1) is 0 Å². The number of hydrogen-bond acceptors (Lipinski definition) is 3. The van der Waals surface area contributed by atoms with Crippen LogP contribution in [0.1, 0.15) is 25.8 Å². The van der Waals surface area contributed by atoms with E-state index in [0.29, 0.717) is 10.7 Å². The first kappa shape index (κ1) is 22.6. The Bertz CT molecular complexity index is 1360. The molecule has 3 aromatic carbocycles. The van der Waals surface area contributed by atoms with Gasteiger partial charge in [0.25, 0.3) is 0 Å². The van der Waals surface area contributed by atoms with E-state index in [1.807, 2.05) is 30.3 Å². The van der Waals surface area contributed by atoms with Crippen LogP contribution in [0.15, 0.2) is 71.8 Å². The topological polar surface area (TPSA) is 75.5 Å². The zero-order chi connectivity index (χ0) is 23.4. The molecular weight excluding hydrogens is 436 g/mol. The van der Waals surface area contributed by atoms with E-state index in [1.165, 1.54) is 5.52 Å². The Kier molecular flexibility index (Phi) is 6.75. The smallest absolute Gasteiger partial charge is 0.244 e. The second kappa shape index (κ2) is 9.88. The van der Waals surface area contributed by atoms with E-state index < -0.39 is 0 Å². The molecule has 2 N–H and O–H groups in total. The molecule has 6 nitrogen and oxygen atoms in total. The third-order valence-electron chi connectivity index (χ3n) is 5.44. The molecule has 0 atom stereocenters. The fraction of sp³-hybridized carbons (Fsp3) is 0.192. The summed E-state index contributed by atoms with van der Waals surface area (Å²) in [6, 6.07) is 21.3. The number of hydrazone groups is 1. The van der Waals surface area contributed by atoms with Gasteiger partial charge in [-0.1, -0.05) is 41.9 Å². The molecule has 0 spiro atoms. The number of amides is 2. The first-order valence-electron chi connectivity index (χ1n) is 10.8. The summed E-state index contributed by atoms with van der Waals surface area (Å²) in [4.78, 5) is 24.6. The van der Waals surface area contributed by atoms with Gasteiger partial charge >= 0.3 is 0 Å². The molecule has 4 aromatic rings. The zero-order valence-electron chi connectivity index (χ0n) is 18.6. The molecular formula is C26H25ClN4O2. The van der Waals surface area contributed by atoms with Crippen LogP contribution >= 0.6 is 11.6 Å². The normalized spacial score (nSPS) is 11.7. The molecule has 0 saturated carbocycles. The summed E-state index contributed by atoms with van der Waals surface area (Å²) in [6.07, 6.45) is 0.265. The summed E-state index contributed by atoms with van der Waals surface area (Å²) >= 11 is 5.86. The highest BCUT2D eigenvalue weighted by atomic mass is 35.5. The summed E-state index contributed by atoms with van der Waals surface area (Å²) in [5, 5.41) is 9.87. The first-order valence-corrected chi connectivity index (χ1v) is 11.2. The summed E-state index contributed by atoms with van der Waals surface area (Å²) in [6.45, 7) is 4.70. The van der Waals surface area contributed by atoms with Gasteiger partial charge in [0.05, 0.1) is 12.8 Å². The monoisotopic (exact) mass is 460 g/mol. The number of anilines is 1. The van der Waals surface area contributed by atoms with Crippen molar-refractivity contribution < 1.29 is 9.59 Å². The van der Waals surface area contributed by atoms with Gasteiger partial charge in [0.1, 0.15) is 0 Å². The Labute approximate surface area is 197 Å². The summed E-state index contributed by atoms with van der Waals surface area (Å²) < 4.78 is 2.26. The Hall–Kier alpha value is -3.64. The number of carbonyl (C=O) groups excluding carboxylic acids is 2. The number of aryl methyl sites for hydroxylation is 1. The number of benzene rings is 3. The number of carbonyl (C=O) groups is 2. The van der Waals surface area contributed by atoms with Crippen LogP contribution in [-0.4, -0.2) is 22.1 Å². The van der Waals surface area contributed by atoms with E-state index in [2.05, 4.69) is 39.5 Å². The number of nitrogens with one attached hydrogen (secondary N) is 2. The molecule has 0 radical (unpaired) electrons. The van der Waals surface area contributed by atoms with Crippen molar-refractivity contribution in [2.24, 2.45) is 5.10 Å². The van der Waals surface area contributed by atoms with Crippen LogP contribution < -0.4 is 10.7 Å². The van der Waals surface area contributed by atoms with Crippen molar-refractivity contribution >= 4 is 56.6 Å². The van der Waals surface area contributed by atoms with Gasteiger partial charge in [0.2, 0.25) is 11.8 Å². The minimum absolute atomic E-state index is 0.0793. The van der Waals surface area contributed by atoms with Gasteiger partial charge in [-0.2, -0.15) is 5.10 Å². The molecule has 33 heavy (non-hydrogen) atoms. The highest BCUT2D eigenvalue weighted by molar-refractivity contribution is 6.30. The average Bonchev–Trinajstić information content (AvgIpc) is 3.12. The second-order valence-electron chi connectivity index (χ2n) is 7.90. The summed E-state index contributed by atoms with van der Waals surface area (Å²) in [5.41, 5.74) is 6.89. The minimum Gasteiger partial charge on any atom is -0.341 e. The van der Waals surface area contributed by atoms with Crippen molar-refractivity contribution in [3.05, 3.63) is 77.3 Å². The van der Waals surface area contributed by atoms with Crippen molar-refractivity contribution in [2.75, 3.05) is 5.32 Å². The van der Waals surface area contributed by atoms with Crippen LogP contribution in [0.4, 0.5) is 5.69 Å². The first-order chi connectivity index (χ1) is 15.9. The predicted octanol–water partition coefficient (Wildman–Crippen LogP) is 5.53. The van der Waals surface area contributed by atoms with Crippen molar-refractivity contribution in [2.45, 2.75) is 33.2 Å². The van der Waals surface area contributed by atoms with Gasteiger partial charge in [-0.25, -0.2) is 5.43 Å². The Morgan fingerprint density at radius 2 is 1.67 bits per heavy atom. The third kappa shape index (κ3) is 5.23. The molecule has 1 heterocycles. The maximum Gasteiger partial charge on any atom is 0.244 e. The molecule has 2 amide bonds. The Morgan fingerprint density at radius 3 is 2.42 bits per heavy atom. The van der Waals surface area contributed by atoms with Crippen LogP contribution in [0.25, 0.3) is 21.8 Å². The van der Waals surface area contributed by atoms with Crippen LogP contribution in [0.2, 0.25) is 5.02 Å². The third-order valence-corrected chi connectivity index (χ3v) is 5.69. The van der Waals surface area contributed by atoms with E-state index >= 15 is 0 Å². The van der Waals surface area contributed by atoms with Crippen molar-refractivity contribution in [1.29, 1.82) is 0 Å². The summed E-state index contributed by atoms with van der Waals surface area (Å²) in [5.74, 6) is -0.448. The SMILES string of the molecule is CCn1c2ccccc2c2cc(NC(=O)C/C(C)=N\NC(=O)Cc3ccc(Cl)cc3)ccc21. The number of aromatic nitrogens is 1. The van der Waals surface area contributed by atoms with Gasteiger partial charge in [0, 0.05) is 44.8 Å². The molecule has 0 fully saturated rings. The molecule has 1 aromatic heterocycles. The predicted molar refractivity (Wildman–Crippen MR) is 135 cm³/mol. The molecule has 0 aliphatic heterocycles. The second-order valence-corrected chi connectivity index (χ2v) is 8.34. The lowest BCUT2D eigenvalue weighted by Crippen LogP contribution is -2.22. The molecule has 168 valence electrons. The van der Waals surface area contributed by atoms with E-state index in [-0.39, 0.29) is 24.7 Å². The number of hydrogen-bond donors (Lipinski definition) is 2. The number of halogens is 1. The molecule has 0 aliphatic carbocycles. The van der Waals surface area contributed by atoms with Crippen LogP contribution in [-0.2, 0) is 22.6 Å². The molecule has 7 heteroatoms. The number of para-hydroxylation sites is 1. The van der Waals surface area contributed by atoms with Gasteiger partial charge in [0.15, 0.2) is 0 Å². The van der Waals surface area contributed by atoms with Gasteiger partial charge in [-0.05, 0) is 55.8 Å². The van der Waals surface area contributed by atoms with Crippen molar-refractivity contribution in [3.63, 3.8) is 0 Å². The quantitative estimate of drug-likeness (QED) is 0.281. The molecule has 0 saturated heterocycles. The van der Waals surface area contributed by atoms with E-state index in [9.17, 15) is 9.59 Å². The van der Waals surface area contributed by atoms with Crippen LogP contribution in [0.3, 0.4) is 0 Å². The van der Waals surface area contributed by atoms with E-state index in [0.717, 1.165) is 34.1 Å². The average molecular weight is 461 g/mol. The fourth-order valence-corrected chi connectivity index (χ4v) is 4.06. The highest BCUT2D eigenvalue weighted by Crippen LogP contribution is 2.31. The lowest BCUT2D eigenvalue weighted by Gasteiger charge is -2.07. The molecule has 0 aliphatic rings. The van der Waals surface area contributed by atoms with E-state index in [4.69, 9.17) is 11.6 Å². The number of rotatable bonds is 7. The van der Waals surface area contributed by atoms with Crippen molar-refractivity contribution in [3.8, 4) is 0 Å². The lowest BCUT2D eigenvalue weighted by atomic mass is 10.1.